The Bertz CT molecular complexity index is 1170. The molecule has 0 saturated heterocycles. The predicted octanol–water partition coefficient (Wildman–Crippen LogP) is 4.13. The first-order valence-corrected chi connectivity index (χ1v) is 10.9. The van der Waals surface area contributed by atoms with Crippen LogP contribution in [0.4, 0.5) is 5.69 Å². The third-order valence-electron chi connectivity index (χ3n) is 4.06. The minimum atomic E-state index is -3.94. The lowest BCUT2D eigenvalue weighted by Crippen LogP contribution is -2.23. The molecule has 1 amide bonds. The topological polar surface area (TPSA) is 97.4 Å². The molecule has 1 heterocycles. The Morgan fingerprint density at radius 3 is 2.53 bits per heavy atom. The summed E-state index contributed by atoms with van der Waals surface area (Å²) in [6, 6.07) is 13.7. The second-order valence-corrected chi connectivity index (χ2v) is 8.61. The molecule has 0 aliphatic carbocycles. The summed E-state index contributed by atoms with van der Waals surface area (Å²) in [5.74, 6) is 0.107. The van der Waals surface area contributed by atoms with Crippen LogP contribution in [0.2, 0.25) is 10.0 Å². The van der Waals surface area contributed by atoms with E-state index >= 15 is 0 Å². The fraction of sp³-hybridized carbons (Fsp3) is 0.100. The van der Waals surface area contributed by atoms with Gasteiger partial charge in [-0.25, -0.2) is 13.4 Å². The predicted molar refractivity (Wildman–Crippen MR) is 116 cm³/mol. The first-order chi connectivity index (χ1) is 14.3. The molecule has 1 aromatic heterocycles. The van der Waals surface area contributed by atoms with E-state index in [4.69, 9.17) is 27.9 Å². The number of hydrogen-bond donors (Lipinski definition) is 2. The standard InChI is InChI=1S/C20H17Cl2N3O4S/c1-29-20-14(3-2-10-23-20)12-24-19(26)13-4-7-16(8-5-13)25-30(27,28)18-11-15(21)6-9-17(18)22/h2-11,25H,12H2,1H3,(H,24,26). The molecule has 0 bridgehead atoms. The van der Waals surface area contributed by atoms with Crippen LogP contribution in [0.5, 0.6) is 5.88 Å². The molecule has 0 spiro atoms. The molecule has 0 saturated carbocycles. The van der Waals surface area contributed by atoms with Crippen LogP contribution in [0, 0.1) is 0 Å². The number of nitrogens with one attached hydrogen (secondary N) is 2. The maximum Gasteiger partial charge on any atom is 0.263 e. The number of rotatable bonds is 7. The molecule has 0 aliphatic rings. The van der Waals surface area contributed by atoms with E-state index < -0.39 is 10.0 Å². The Morgan fingerprint density at radius 1 is 1.10 bits per heavy atom. The normalized spacial score (nSPS) is 11.0. The molecule has 3 rings (SSSR count). The van der Waals surface area contributed by atoms with Gasteiger partial charge in [-0.1, -0.05) is 29.3 Å². The van der Waals surface area contributed by atoms with Gasteiger partial charge in [0, 0.05) is 34.6 Å². The maximum atomic E-state index is 12.6. The van der Waals surface area contributed by atoms with Gasteiger partial charge in [-0.2, -0.15) is 0 Å². The van der Waals surface area contributed by atoms with Crippen LogP contribution in [0.15, 0.2) is 65.7 Å². The van der Waals surface area contributed by atoms with Gasteiger partial charge in [0.25, 0.3) is 15.9 Å². The third kappa shape index (κ3) is 5.21. The molecule has 2 aromatic carbocycles. The van der Waals surface area contributed by atoms with Gasteiger partial charge in [-0.3, -0.25) is 9.52 Å². The van der Waals surface area contributed by atoms with Crippen molar-refractivity contribution in [1.29, 1.82) is 0 Å². The number of ether oxygens (including phenoxy) is 1. The van der Waals surface area contributed by atoms with Gasteiger partial charge in [0.05, 0.1) is 12.1 Å². The maximum absolute atomic E-state index is 12.6. The highest BCUT2D eigenvalue weighted by Gasteiger charge is 2.19. The van der Waals surface area contributed by atoms with Gasteiger partial charge in [0.1, 0.15) is 4.90 Å². The van der Waals surface area contributed by atoms with Gasteiger partial charge < -0.3 is 10.1 Å². The van der Waals surface area contributed by atoms with E-state index in [0.717, 1.165) is 5.56 Å². The summed E-state index contributed by atoms with van der Waals surface area (Å²) in [4.78, 5) is 16.3. The van der Waals surface area contributed by atoms with Crippen LogP contribution < -0.4 is 14.8 Å². The number of pyridine rings is 1. The van der Waals surface area contributed by atoms with Crippen molar-refractivity contribution in [2.75, 3.05) is 11.8 Å². The number of benzene rings is 2. The number of halogens is 2. The first kappa shape index (κ1) is 21.9. The van der Waals surface area contributed by atoms with Crippen molar-refractivity contribution >= 4 is 44.8 Å². The molecular weight excluding hydrogens is 449 g/mol. The van der Waals surface area contributed by atoms with Crippen molar-refractivity contribution in [3.8, 4) is 5.88 Å². The van der Waals surface area contributed by atoms with E-state index in [1.807, 2.05) is 0 Å². The van der Waals surface area contributed by atoms with Gasteiger partial charge in [-0.15, -0.1) is 0 Å². The van der Waals surface area contributed by atoms with Crippen LogP contribution in [-0.2, 0) is 16.6 Å². The number of nitrogens with zero attached hydrogens (tertiary/aromatic N) is 1. The SMILES string of the molecule is COc1ncccc1CNC(=O)c1ccc(NS(=O)(=O)c2cc(Cl)ccc2Cl)cc1. The molecule has 0 radical (unpaired) electrons. The van der Waals surface area contributed by atoms with Crippen molar-refractivity contribution < 1.29 is 17.9 Å². The lowest BCUT2D eigenvalue weighted by atomic mass is 10.2. The highest BCUT2D eigenvalue weighted by molar-refractivity contribution is 7.92. The van der Waals surface area contributed by atoms with Crippen molar-refractivity contribution in [1.82, 2.24) is 10.3 Å². The summed E-state index contributed by atoms with van der Waals surface area (Å²) >= 11 is 11.8. The summed E-state index contributed by atoms with van der Waals surface area (Å²) in [5.41, 5.74) is 1.37. The largest absolute Gasteiger partial charge is 0.481 e. The summed E-state index contributed by atoms with van der Waals surface area (Å²) in [7, 11) is -2.44. The minimum Gasteiger partial charge on any atom is -0.481 e. The Morgan fingerprint density at radius 2 is 1.83 bits per heavy atom. The van der Waals surface area contributed by atoms with Gasteiger partial charge >= 0.3 is 0 Å². The first-order valence-electron chi connectivity index (χ1n) is 8.64. The molecule has 0 fully saturated rings. The molecule has 3 aromatic rings. The smallest absolute Gasteiger partial charge is 0.263 e. The van der Waals surface area contributed by atoms with E-state index in [1.54, 1.807) is 18.3 Å². The number of aromatic nitrogens is 1. The average Bonchev–Trinajstić information content (AvgIpc) is 2.74. The fourth-order valence-electron chi connectivity index (χ4n) is 2.60. The van der Waals surface area contributed by atoms with Crippen LogP contribution in [-0.4, -0.2) is 26.4 Å². The molecule has 0 unspecified atom stereocenters. The van der Waals surface area contributed by atoms with Crippen LogP contribution in [0.1, 0.15) is 15.9 Å². The number of amides is 1. The number of anilines is 1. The van der Waals surface area contributed by atoms with Gasteiger partial charge in [-0.05, 0) is 48.5 Å². The van der Waals surface area contributed by atoms with Crippen molar-refractivity contribution in [2.24, 2.45) is 0 Å². The monoisotopic (exact) mass is 465 g/mol. The van der Waals surface area contributed by atoms with Crippen molar-refractivity contribution in [2.45, 2.75) is 11.4 Å². The van der Waals surface area contributed by atoms with Crippen LogP contribution in [0.25, 0.3) is 0 Å². The van der Waals surface area contributed by atoms with Gasteiger partial charge in [0.2, 0.25) is 5.88 Å². The number of methoxy groups -OCH3 is 1. The molecule has 7 nitrogen and oxygen atoms in total. The highest BCUT2D eigenvalue weighted by atomic mass is 35.5. The lowest BCUT2D eigenvalue weighted by molar-refractivity contribution is 0.0950. The zero-order valence-corrected chi connectivity index (χ0v) is 18.1. The lowest BCUT2D eigenvalue weighted by Gasteiger charge is -2.11. The Hall–Kier alpha value is -2.81. The summed E-state index contributed by atoms with van der Waals surface area (Å²) in [5, 5.41) is 3.06. The van der Waals surface area contributed by atoms with Gasteiger partial charge in [0.15, 0.2) is 0 Å². The molecule has 2 N–H and O–H groups in total. The molecule has 156 valence electrons. The highest BCUT2D eigenvalue weighted by Crippen LogP contribution is 2.27. The molecule has 10 heteroatoms. The van der Waals surface area contributed by atoms with E-state index in [1.165, 1.54) is 49.6 Å². The zero-order chi connectivity index (χ0) is 21.7. The second-order valence-electron chi connectivity index (χ2n) is 6.11. The Balaban J connectivity index is 1.68. The zero-order valence-electron chi connectivity index (χ0n) is 15.7. The van der Waals surface area contributed by atoms with E-state index in [2.05, 4.69) is 15.0 Å². The number of hydrogen-bond acceptors (Lipinski definition) is 5. The molecule has 30 heavy (non-hydrogen) atoms. The van der Waals surface area contributed by atoms with E-state index in [0.29, 0.717) is 11.4 Å². The number of carbonyl (C=O) groups excluding carboxylic acids is 1. The summed E-state index contributed by atoms with van der Waals surface area (Å²) in [6.45, 7) is 0.234. The molecule has 0 aliphatic heterocycles. The second kappa shape index (κ2) is 9.34. The molecule has 0 atom stereocenters. The Labute approximate surface area is 184 Å². The summed E-state index contributed by atoms with van der Waals surface area (Å²) in [6.07, 6.45) is 1.60. The number of carbonyl (C=O) groups is 1. The minimum absolute atomic E-state index is 0.0497. The molecular formula is C20H17Cl2N3O4S. The van der Waals surface area contributed by atoms with E-state index in [-0.39, 0.29) is 33.1 Å². The van der Waals surface area contributed by atoms with Crippen LogP contribution in [0.3, 0.4) is 0 Å². The number of sulfonamides is 1. The van der Waals surface area contributed by atoms with E-state index in [9.17, 15) is 13.2 Å². The fourth-order valence-corrected chi connectivity index (χ4v) is 4.43. The quantitative estimate of drug-likeness (QED) is 0.546. The van der Waals surface area contributed by atoms with Crippen molar-refractivity contribution in [3.63, 3.8) is 0 Å². The average molecular weight is 466 g/mol. The van der Waals surface area contributed by atoms with Crippen molar-refractivity contribution in [3.05, 3.63) is 82.0 Å². The Kier molecular flexibility index (Phi) is 6.81. The third-order valence-corrected chi connectivity index (χ3v) is 6.16. The van der Waals surface area contributed by atoms with Crippen LogP contribution >= 0.6 is 23.2 Å². The summed E-state index contributed by atoms with van der Waals surface area (Å²) < 4.78 is 32.7.